The van der Waals surface area contributed by atoms with E-state index in [1.807, 2.05) is 31.2 Å². The first-order valence-corrected chi connectivity index (χ1v) is 9.19. The zero-order chi connectivity index (χ0) is 17.5. The maximum atomic E-state index is 6.07. The molecule has 0 aliphatic rings. The molecule has 0 saturated carbocycles. The number of rotatable bonds is 8. The van der Waals surface area contributed by atoms with Gasteiger partial charge < -0.3 is 14.8 Å². The molecule has 0 unspecified atom stereocenters. The second-order valence-corrected chi connectivity index (χ2v) is 6.85. The lowest BCUT2D eigenvalue weighted by Crippen LogP contribution is -2.05. The Balaban J connectivity index is 2.20. The molecule has 2 aromatic carbocycles. The lowest BCUT2D eigenvalue weighted by molar-refractivity contribution is 0.295. The van der Waals surface area contributed by atoms with E-state index in [4.69, 9.17) is 21.1 Å². The van der Waals surface area contributed by atoms with Gasteiger partial charge in [-0.2, -0.15) is 0 Å². The van der Waals surface area contributed by atoms with Crippen molar-refractivity contribution in [3.05, 3.63) is 62.7 Å². The van der Waals surface area contributed by atoms with Crippen LogP contribution in [-0.2, 0) is 6.54 Å². The van der Waals surface area contributed by atoms with Gasteiger partial charge in [0.25, 0.3) is 0 Å². The molecule has 0 amide bonds. The molecule has 2 aromatic rings. The van der Waals surface area contributed by atoms with Gasteiger partial charge in [0.05, 0.1) is 10.2 Å². The van der Waals surface area contributed by atoms with Crippen LogP contribution >= 0.6 is 34.2 Å². The Morgan fingerprint density at radius 2 is 2.04 bits per heavy atom. The Kier molecular flexibility index (Phi) is 7.24. The summed E-state index contributed by atoms with van der Waals surface area (Å²) in [6.07, 6.45) is 1.73. The molecule has 0 saturated heterocycles. The van der Waals surface area contributed by atoms with Gasteiger partial charge in [-0.05, 0) is 71.8 Å². The van der Waals surface area contributed by atoms with Gasteiger partial charge in [0.15, 0.2) is 11.5 Å². The number of halogens is 2. The molecule has 24 heavy (non-hydrogen) atoms. The molecule has 0 aliphatic carbocycles. The van der Waals surface area contributed by atoms with Crippen LogP contribution in [0.2, 0.25) is 5.02 Å². The number of anilines is 1. The van der Waals surface area contributed by atoms with E-state index in [2.05, 4.69) is 47.5 Å². The zero-order valence-corrected chi connectivity index (χ0v) is 16.8. The van der Waals surface area contributed by atoms with Crippen molar-refractivity contribution in [2.75, 3.05) is 18.5 Å². The van der Waals surface area contributed by atoms with Gasteiger partial charge in [-0.3, -0.25) is 0 Å². The third-order valence-corrected chi connectivity index (χ3v) is 4.43. The summed E-state index contributed by atoms with van der Waals surface area (Å²) in [6, 6.07) is 9.94. The van der Waals surface area contributed by atoms with E-state index in [9.17, 15) is 0 Å². The molecule has 128 valence electrons. The van der Waals surface area contributed by atoms with Crippen LogP contribution < -0.4 is 14.8 Å². The zero-order valence-electron chi connectivity index (χ0n) is 13.9. The van der Waals surface area contributed by atoms with E-state index >= 15 is 0 Å². The second-order valence-electron chi connectivity index (χ2n) is 5.25. The average Bonchev–Trinajstić information content (AvgIpc) is 2.55. The van der Waals surface area contributed by atoms with Crippen LogP contribution in [0, 0.1) is 10.5 Å². The Hall–Kier alpha value is -1.40. The molecule has 5 heteroatoms. The first-order chi connectivity index (χ1) is 11.5. The molecular formula is C19H21ClINO2. The number of aryl methyl sites for hydroxylation is 1. The Morgan fingerprint density at radius 1 is 1.25 bits per heavy atom. The molecule has 0 spiro atoms. The fourth-order valence-corrected chi connectivity index (χ4v) is 3.24. The summed E-state index contributed by atoms with van der Waals surface area (Å²) in [5.74, 6) is 1.52. The molecule has 3 nitrogen and oxygen atoms in total. The van der Waals surface area contributed by atoms with Gasteiger partial charge >= 0.3 is 0 Å². The topological polar surface area (TPSA) is 30.5 Å². The van der Waals surface area contributed by atoms with Crippen molar-refractivity contribution in [2.24, 2.45) is 0 Å². The molecule has 2 rings (SSSR count). The molecule has 0 fully saturated rings. The van der Waals surface area contributed by atoms with E-state index in [-0.39, 0.29) is 0 Å². The lowest BCUT2D eigenvalue weighted by atomic mass is 10.1. The number of benzene rings is 2. The highest BCUT2D eigenvalue weighted by molar-refractivity contribution is 14.1. The SMILES string of the molecule is C=CCOc1c(I)cc(CNc2cc(Cl)ccc2C)cc1OCC. The normalized spacial score (nSPS) is 10.3. The first kappa shape index (κ1) is 18.9. The first-order valence-electron chi connectivity index (χ1n) is 7.74. The Bertz CT molecular complexity index is 719. The Morgan fingerprint density at radius 3 is 2.75 bits per heavy atom. The van der Waals surface area contributed by atoms with Crippen LogP contribution in [0.1, 0.15) is 18.1 Å². The largest absolute Gasteiger partial charge is 0.490 e. The van der Waals surface area contributed by atoms with Crippen molar-refractivity contribution < 1.29 is 9.47 Å². The van der Waals surface area contributed by atoms with E-state index in [0.29, 0.717) is 19.8 Å². The lowest BCUT2D eigenvalue weighted by Gasteiger charge is -2.16. The van der Waals surface area contributed by atoms with E-state index in [1.165, 1.54) is 0 Å². The molecule has 0 heterocycles. The third-order valence-electron chi connectivity index (χ3n) is 3.40. The minimum atomic E-state index is 0.454. The van der Waals surface area contributed by atoms with Crippen LogP contribution in [0.25, 0.3) is 0 Å². The quantitative estimate of drug-likeness (QED) is 0.400. The highest BCUT2D eigenvalue weighted by Gasteiger charge is 2.12. The van der Waals surface area contributed by atoms with Crippen LogP contribution in [0.4, 0.5) is 5.69 Å². The van der Waals surface area contributed by atoms with Crippen molar-refractivity contribution in [3.63, 3.8) is 0 Å². The van der Waals surface area contributed by atoms with Crippen LogP contribution in [0.15, 0.2) is 43.0 Å². The predicted molar refractivity (Wildman–Crippen MR) is 110 cm³/mol. The van der Waals surface area contributed by atoms with E-state index < -0.39 is 0 Å². The molecule has 0 radical (unpaired) electrons. The van der Waals surface area contributed by atoms with Crippen molar-refractivity contribution in [3.8, 4) is 11.5 Å². The van der Waals surface area contributed by atoms with Crippen LogP contribution in [0.3, 0.4) is 0 Å². The molecule has 0 bridgehead atoms. The standard InChI is InChI=1S/C19H21ClINO2/c1-4-8-24-19-16(21)9-14(10-18(19)23-5-2)12-22-17-11-15(20)7-6-13(17)3/h4,6-7,9-11,22H,1,5,8,12H2,2-3H3. The van der Waals surface area contributed by atoms with Gasteiger partial charge in [0, 0.05) is 17.3 Å². The summed E-state index contributed by atoms with van der Waals surface area (Å²) < 4.78 is 12.5. The monoisotopic (exact) mass is 457 g/mol. The highest BCUT2D eigenvalue weighted by Crippen LogP contribution is 2.34. The van der Waals surface area contributed by atoms with E-state index in [1.54, 1.807) is 6.08 Å². The predicted octanol–water partition coefficient (Wildman–Crippen LogP) is 5.83. The molecule has 0 atom stereocenters. The van der Waals surface area contributed by atoms with Crippen molar-refractivity contribution in [1.82, 2.24) is 0 Å². The van der Waals surface area contributed by atoms with Gasteiger partial charge in [0.2, 0.25) is 0 Å². The number of hydrogen-bond acceptors (Lipinski definition) is 3. The van der Waals surface area contributed by atoms with E-state index in [0.717, 1.165) is 36.9 Å². The molecule has 0 aromatic heterocycles. The minimum Gasteiger partial charge on any atom is -0.490 e. The summed E-state index contributed by atoms with van der Waals surface area (Å²) in [5.41, 5.74) is 3.31. The summed E-state index contributed by atoms with van der Waals surface area (Å²) >= 11 is 8.34. The van der Waals surface area contributed by atoms with Crippen LogP contribution in [-0.4, -0.2) is 13.2 Å². The third kappa shape index (κ3) is 5.05. The van der Waals surface area contributed by atoms with Crippen molar-refractivity contribution in [1.29, 1.82) is 0 Å². The van der Waals surface area contributed by atoms with Gasteiger partial charge in [-0.1, -0.05) is 30.3 Å². The fourth-order valence-electron chi connectivity index (χ4n) is 2.25. The summed E-state index contributed by atoms with van der Waals surface area (Å²) in [5, 5.41) is 4.15. The number of nitrogens with one attached hydrogen (secondary N) is 1. The Labute approximate surface area is 162 Å². The van der Waals surface area contributed by atoms with Gasteiger partial charge in [0.1, 0.15) is 6.61 Å². The average molecular weight is 458 g/mol. The smallest absolute Gasteiger partial charge is 0.174 e. The van der Waals surface area contributed by atoms with Crippen molar-refractivity contribution >= 4 is 39.9 Å². The highest BCUT2D eigenvalue weighted by atomic mass is 127. The number of ether oxygens (including phenoxy) is 2. The molecule has 0 aliphatic heterocycles. The number of hydrogen-bond donors (Lipinski definition) is 1. The maximum Gasteiger partial charge on any atom is 0.174 e. The van der Waals surface area contributed by atoms with Crippen molar-refractivity contribution in [2.45, 2.75) is 20.4 Å². The summed E-state index contributed by atoms with van der Waals surface area (Å²) in [4.78, 5) is 0. The molecule has 1 N–H and O–H groups in total. The van der Waals surface area contributed by atoms with Gasteiger partial charge in [-0.25, -0.2) is 0 Å². The summed E-state index contributed by atoms with van der Waals surface area (Å²) in [6.45, 7) is 9.43. The molecular weight excluding hydrogens is 437 g/mol. The van der Waals surface area contributed by atoms with Crippen LogP contribution in [0.5, 0.6) is 11.5 Å². The minimum absolute atomic E-state index is 0.454. The summed E-state index contributed by atoms with van der Waals surface area (Å²) in [7, 11) is 0. The van der Waals surface area contributed by atoms with Gasteiger partial charge in [-0.15, -0.1) is 0 Å². The fraction of sp³-hybridized carbons (Fsp3) is 0.263. The second kappa shape index (κ2) is 9.18. The maximum absolute atomic E-state index is 6.07.